The third kappa shape index (κ3) is 5.06. The predicted octanol–water partition coefficient (Wildman–Crippen LogP) is 3.32. The fraction of sp³-hybridized carbons (Fsp3) is 0.353. The van der Waals surface area contributed by atoms with E-state index in [1.54, 1.807) is 33.3 Å². The van der Waals surface area contributed by atoms with E-state index in [2.05, 4.69) is 4.98 Å². The van der Waals surface area contributed by atoms with Crippen molar-refractivity contribution in [1.82, 2.24) is 4.98 Å². The Labute approximate surface area is 144 Å². The SMILES string of the molecule is COc1ccc(-c2nc(C(=O)OCC(=O)OC(C)(C)C)cs2)cc1. The Kier molecular flexibility index (Phi) is 5.56. The van der Waals surface area contributed by atoms with E-state index in [0.717, 1.165) is 11.3 Å². The molecule has 0 bridgehead atoms. The maximum atomic E-state index is 12.0. The standard InChI is InChI=1S/C17H19NO5S/c1-17(2,3)23-14(19)9-22-16(20)13-10-24-15(18-13)11-5-7-12(21-4)8-6-11/h5-8,10H,9H2,1-4H3. The maximum absolute atomic E-state index is 12.0. The van der Waals surface area contributed by atoms with Crippen molar-refractivity contribution < 1.29 is 23.8 Å². The fourth-order valence-corrected chi connectivity index (χ4v) is 2.60. The van der Waals surface area contributed by atoms with Crippen molar-refractivity contribution in [1.29, 1.82) is 0 Å². The van der Waals surface area contributed by atoms with Crippen LogP contribution in [-0.4, -0.2) is 36.2 Å². The Hall–Kier alpha value is -2.41. The summed E-state index contributed by atoms with van der Waals surface area (Å²) < 4.78 is 15.1. The molecule has 7 heteroatoms. The first kappa shape index (κ1) is 17.9. The summed E-state index contributed by atoms with van der Waals surface area (Å²) in [6.45, 7) is 4.79. The lowest BCUT2D eigenvalue weighted by Gasteiger charge is -2.19. The molecule has 0 amide bonds. The summed E-state index contributed by atoms with van der Waals surface area (Å²) in [6, 6.07) is 7.34. The number of rotatable bonds is 5. The second-order valence-electron chi connectivity index (χ2n) is 5.93. The number of aromatic nitrogens is 1. The van der Waals surface area contributed by atoms with Gasteiger partial charge in [0.15, 0.2) is 12.3 Å². The largest absolute Gasteiger partial charge is 0.497 e. The number of carbonyl (C=O) groups is 2. The van der Waals surface area contributed by atoms with Crippen molar-refractivity contribution in [2.24, 2.45) is 0 Å². The maximum Gasteiger partial charge on any atom is 0.358 e. The molecule has 0 saturated heterocycles. The number of esters is 2. The lowest BCUT2D eigenvalue weighted by molar-refractivity contribution is -0.158. The average Bonchev–Trinajstić information content (AvgIpc) is 3.01. The van der Waals surface area contributed by atoms with Crippen molar-refractivity contribution >= 4 is 23.3 Å². The monoisotopic (exact) mass is 349 g/mol. The second kappa shape index (κ2) is 7.44. The molecule has 0 N–H and O–H groups in total. The number of hydrogen-bond donors (Lipinski definition) is 0. The number of ether oxygens (including phenoxy) is 3. The summed E-state index contributed by atoms with van der Waals surface area (Å²) in [5.74, 6) is -0.509. The minimum absolute atomic E-state index is 0.161. The topological polar surface area (TPSA) is 74.7 Å². The highest BCUT2D eigenvalue weighted by molar-refractivity contribution is 7.13. The van der Waals surface area contributed by atoms with E-state index in [1.165, 1.54) is 11.3 Å². The molecule has 0 fully saturated rings. The smallest absolute Gasteiger partial charge is 0.358 e. The molecule has 128 valence electrons. The Morgan fingerprint density at radius 3 is 2.42 bits per heavy atom. The number of nitrogens with zero attached hydrogens (tertiary/aromatic N) is 1. The Balaban J connectivity index is 1.96. The quantitative estimate of drug-likeness (QED) is 0.771. The molecule has 2 rings (SSSR count). The zero-order valence-corrected chi connectivity index (χ0v) is 14.8. The van der Waals surface area contributed by atoms with E-state index in [-0.39, 0.29) is 5.69 Å². The molecule has 24 heavy (non-hydrogen) atoms. The summed E-state index contributed by atoms with van der Waals surface area (Å²) in [4.78, 5) is 27.7. The van der Waals surface area contributed by atoms with Gasteiger partial charge in [-0.3, -0.25) is 0 Å². The summed E-state index contributed by atoms with van der Waals surface area (Å²) in [5, 5.41) is 2.28. The molecule has 0 saturated carbocycles. The van der Waals surface area contributed by atoms with E-state index < -0.39 is 24.1 Å². The van der Waals surface area contributed by atoms with Gasteiger partial charge in [-0.05, 0) is 45.0 Å². The fourth-order valence-electron chi connectivity index (χ4n) is 1.80. The van der Waals surface area contributed by atoms with Crippen molar-refractivity contribution in [2.45, 2.75) is 26.4 Å². The third-order valence-electron chi connectivity index (χ3n) is 2.79. The highest BCUT2D eigenvalue weighted by Gasteiger charge is 2.19. The van der Waals surface area contributed by atoms with Crippen molar-refractivity contribution in [3.63, 3.8) is 0 Å². The minimum Gasteiger partial charge on any atom is -0.497 e. The van der Waals surface area contributed by atoms with Crippen LogP contribution in [0.5, 0.6) is 5.75 Å². The lowest BCUT2D eigenvalue weighted by Crippen LogP contribution is -2.27. The van der Waals surface area contributed by atoms with E-state index >= 15 is 0 Å². The van der Waals surface area contributed by atoms with Gasteiger partial charge in [-0.15, -0.1) is 11.3 Å². The van der Waals surface area contributed by atoms with Crippen LogP contribution < -0.4 is 4.74 Å². The second-order valence-corrected chi connectivity index (χ2v) is 6.79. The van der Waals surface area contributed by atoms with Crippen LogP contribution >= 0.6 is 11.3 Å². The zero-order chi connectivity index (χ0) is 17.7. The van der Waals surface area contributed by atoms with Gasteiger partial charge in [0, 0.05) is 10.9 Å². The highest BCUT2D eigenvalue weighted by atomic mass is 32.1. The minimum atomic E-state index is -0.656. The molecule has 0 atom stereocenters. The molecule has 0 aliphatic rings. The van der Waals surface area contributed by atoms with E-state index in [0.29, 0.717) is 5.01 Å². The molecule has 0 aliphatic heterocycles. The number of hydrogen-bond acceptors (Lipinski definition) is 7. The van der Waals surface area contributed by atoms with Crippen LogP contribution in [0.2, 0.25) is 0 Å². The zero-order valence-electron chi connectivity index (χ0n) is 14.0. The van der Waals surface area contributed by atoms with E-state index in [1.807, 2.05) is 24.3 Å². The Bertz CT molecular complexity index is 715. The van der Waals surface area contributed by atoms with Crippen LogP contribution in [0.25, 0.3) is 10.6 Å². The predicted molar refractivity (Wildman–Crippen MR) is 90.2 cm³/mol. The van der Waals surface area contributed by atoms with Crippen molar-refractivity contribution in [3.8, 4) is 16.3 Å². The van der Waals surface area contributed by atoms with Crippen LogP contribution in [0.4, 0.5) is 0 Å². The van der Waals surface area contributed by atoms with Gasteiger partial charge in [-0.2, -0.15) is 0 Å². The van der Waals surface area contributed by atoms with E-state index in [4.69, 9.17) is 14.2 Å². The van der Waals surface area contributed by atoms with Gasteiger partial charge >= 0.3 is 11.9 Å². The number of carbonyl (C=O) groups excluding carboxylic acids is 2. The number of methoxy groups -OCH3 is 1. The van der Waals surface area contributed by atoms with Crippen molar-refractivity contribution in [2.75, 3.05) is 13.7 Å². The van der Waals surface area contributed by atoms with Crippen LogP contribution in [0.1, 0.15) is 31.3 Å². The molecule has 1 aromatic carbocycles. The summed E-state index contributed by atoms with van der Waals surface area (Å²) in [6.07, 6.45) is 0. The summed E-state index contributed by atoms with van der Waals surface area (Å²) in [7, 11) is 1.59. The first-order chi connectivity index (χ1) is 11.3. The molecule has 0 unspecified atom stereocenters. The Morgan fingerprint density at radius 1 is 1.17 bits per heavy atom. The first-order valence-corrected chi connectivity index (χ1v) is 8.15. The average molecular weight is 349 g/mol. The highest BCUT2D eigenvalue weighted by Crippen LogP contribution is 2.25. The van der Waals surface area contributed by atoms with Crippen LogP contribution in [0.3, 0.4) is 0 Å². The van der Waals surface area contributed by atoms with Crippen LogP contribution in [-0.2, 0) is 14.3 Å². The van der Waals surface area contributed by atoms with Gasteiger partial charge in [-0.1, -0.05) is 0 Å². The molecule has 6 nitrogen and oxygen atoms in total. The van der Waals surface area contributed by atoms with Gasteiger partial charge in [0.1, 0.15) is 16.4 Å². The van der Waals surface area contributed by atoms with Gasteiger partial charge in [0.05, 0.1) is 7.11 Å². The molecule has 2 aromatic rings. The number of benzene rings is 1. The Morgan fingerprint density at radius 2 is 1.83 bits per heavy atom. The molecular weight excluding hydrogens is 330 g/mol. The molecule has 0 spiro atoms. The van der Waals surface area contributed by atoms with Gasteiger partial charge < -0.3 is 14.2 Å². The first-order valence-electron chi connectivity index (χ1n) is 7.27. The summed E-state index contributed by atoms with van der Waals surface area (Å²) in [5.41, 5.74) is 0.410. The molecular formula is C17H19NO5S. The summed E-state index contributed by atoms with van der Waals surface area (Å²) >= 11 is 1.32. The van der Waals surface area contributed by atoms with Crippen molar-refractivity contribution in [3.05, 3.63) is 35.3 Å². The molecule has 1 heterocycles. The molecule has 1 aromatic heterocycles. The lowest BCUT2D eigenvalue weighted by atomic mass is 10.2. The van der Waals surface area contributed by atoms with Gasteiger partial charge in [0.2, 0.25) is 0 Å². The van der Waals surface area contributed by atoms with Crippen LogP contribution in [0, 0.1) is 0 Å². The molecule has 0 radical (unpaired) electrons. The number of thiazole rings is 1. The molecule has 0 aliphatic carbocycles. The van der Waals surface area contributed by atoms with Gasteiger partial charge in [0.25, 0.3) is 0 Å². The third-order valence-corrected chi connectivity index (χ3v) is 3.68. The van der Waals surface area contributed by atoms with Crippen LogP contribution in [0.15, 0.2) is 29.6 Å². The van der Waals surface area contributed by atoms with E-state index in [9.17, 15) is 9.59 Å². The van der Waals surface area contributed by atoms with Gasteiger partial charge in [-0.25, -0.2) is 14.6 Å². The normalized spacial score (nSPS) is 11.0.